The van der Waals surface area contributed by atoms with Crippen molar-refractivity contribution in [3.8, 4) is 5.75 Å². The molecule has 3 heterocycles. The van der Waals surface area contributed by atoms with Crippen molar-refractivity contribution in [3.05, 3.63) is 24.5 Å². The van der Waals surface area contributed by atoms with Gasteiger partial charge in [-0.3, -0.25) is 4.90 Å². The Kier molecular flexibility index (Phi) is 4.81. The fraction of sp³-hybridized carbons (Fsp3) is 0.545. The van der Waals surface area contributed by atoms with Gasteiger partial charge in [0.25, 0.3) is 0 Å². The molecule has 1 N–H and O–H groups in total. The van der Waals surface area contributed by atoms with Crippen molar-refractivity contribution in [2.75, 3.05) is 37.7 Å². The Balaban J connectivity index is 1.41. The van der Waals surface area contributed by atoms with Crippen molar-refractivity contribution in [2.24, 2.45) is 0 Å². The zero-order valence-corrected chi connectivity index (χ0v) is 16.7. The molecular weight excluding hydrogens is 350 g/mol. The van der Waals surface area contributed by atoms with Gasteiger partial charge in [0.2, 0.25) is 0 Å². The van der Waals surface area contributed by atoms with Gasteiger partial charge in [-0.15, -0.1) is 0 Å². The molecule has 0 radical (unpaired) electrons. The fourth-order valence-corrected chi connectivity index (χ4v) is 4.90. The van der Waals surface area contributed by atoms with Gasteiger partial charge in [-0.1, -0.05) is 19.3 Å². The van der Waals surface area contributed by atoms with E-state index in [1.807, 2.05) is 13.0 Å². The first-order valence-electron chi connectivity index (χ1n) is 10.7. The molecule has 0 bridgehead atoms. The van der Waals surface area contributed by atoms with Crippen LogP contribution in [-0.2, 0) is 0 Å². The van der Waals surface area contributed by atoms with E-state index in [9.17, 15) is 0 Å². The van der Waals surface area contributed by atoms with E-state index in [1.165, 1.54) is 32.1 Å². The maximum Gasteiger partial charge on any atom is 0.156 e. The van der Waals surface area contributed by atoms with Gasteiger partial charge >= 0.3 is 0 Å². The monoisotopic (exact) mass is 379 g/mol. The van der Waals surface area contributed by atoms with E-state index in [1.54, 1.807) is 6.33 Å². The third-order valence-electron chi connectivity index (χ3n) is 6.35. The second-order valence-corrected chi connectivity index (χ2v) is 8.00. The number of piperazine rings is 1. The van der Waals surface area contributed by atoms with Crippen molar-refractivity contribution >= 4 is 27.8 Å². The van der Waals surface area contributed by atoms with Crippen molar-refractivity contribution in [3.63, 3.8) is 0 Å². The van der Waals surface area contributed by atoms with Gasteiger partial charge in [0, 0.05) is 43.1 Å². The molecule has 0 unspecified atom stereocenters. The third-order valence-corrected chi connectivity index (χ3v) is 6.35. The highest BCUT2D eigenvalue weighted by Crippen LogP contribution is 2.32. The van der Waals surface area contributed by atoms with Gasteiger partial charge in [-0.2, -0.15) is 0 Å². The second kappa shape index (κ2) is 7.59. The summed E-state index contributed by atoms with van der Waals surface area (Å²) in [6, 6.07) is 6.96. The minimum Gasteiger partial charge on any atom is -0.494 e. The molecule has 1 saturated heterocycles. The molecule has 28 heavy (non-hydrogen) atoms. The molecule has 6 heteroatoms. The number of fused-ring (bicyclic) bond motifs is 3. The molecule has 0 spiro atoms. The van der Waals surface area contributed by atoms with Crippen LogP contribution in [0.25, 0.3) is 21.9 Å². The molecule has 1 aliphatic heterocycles. The lowest BCUT2D eigenvalue weighted by atomic mass is 9.94. The summed E-state index contributed by atoms with van der Waals surface area (Å²) in [5, 5.41) is 1.10. The number of nitrogens with zero attached hydrogens (tertiary/aromatic N) is 4. The average molecular weight is 380 g/mol. The number of hydrogen-bond acceptors (Lipinski definition) is 5. The maximum atomic E-state index is 5.67. The van der Waals surface area contributed by atoms with Crippen LogP contribution in [0.4, 0.5) is 5.82 Å². The Morgan fingerprint density at radius 1 is 1.07 bits per heavy atom. The molecular formula is C22H29N5O. The van der Waals surface area contributed by atoms with Crippen LogP contribution < -0.4 is 9.64 Å². The number of benzene rings is 1. The molecule has 2 aromatic heterocycles. The first-order valence-corrected chi connectivity index (χ1v) is 10.7. The van der Waals surface area contributed by atoms with Crippen molar-refractivity contribution in [1.29, 1.82) is 0 Å². The van der Waals surface area contributed by atoms with E-state index in [2.05, 4.69) is 36.9 Å². The molecule has 0 atom stereocenters. The van der Waals surface area contributed by atoms with Crippen LogP contribution >= 0.6 is 0 Å². The normalized spacial score (nSPS) is 19.5. The number of rotatable bonds is 4. The molecule has 1 aromatic carbocycles. The number of hydrogen-bond donors (Lipinski definition) is 1. The van der Waals surface area contributed by atoms with E-state index in [0.29, 0.717) is 6.61 Å². The van der Waals surface area contributed by atoms with Crippen LogP contribution in [0.1, 0.15) is 39.0 Å². The molecule has 148 valence electrons. The van der Waals surface area contributed by atoms with Crippen LogP contribution in [0.2, 0.25) is 0 Å². The molecule has 0 amide bonds. The van der Waals surface area contributed by atoms with Crippen LogP contribution in [-0.4, -0.2) is 58.7 Å². The summed E-state index contributed by atoms with van der Waals surface area (Å²) in [6.45, 7) is 6.99. The van der Waals surface area contributed by atoms with E-state index >= 15 is 0 Å². The van der Waals surface area contributed by atoms with Gasteiger partial charge < -0.3 is 14.6 Å². The van der Waals surface area contributed by atoms with Crippen LogP contribution in [0.3, 0.4) is 0 Å². The lowest BCUT2D eigenvalue weighted by molar-refractivity contribution is 0.148. The maximum absolute atomic E-state index is 5.67. The molecule has 3 aromatic rings. The van der Waals surface area contributed by atoms with Crippen LogP contribution in [0, 0.1) is 0 Å². The summed E-state index contributed by atoms with van der Waals surface area (Å²) in [7, 11) is 0. The van der Waals surface area contributed by atoms with Crippen molar-refractivity contribution < 1.29 is 4.74 Å². The Bertz CT molecular complexity index is 954. The lowest BCUT2D eigenvalue weighted by Gasteiger charge is -2.41. The predicted molar refractivity (Wildman–Crippen MR) is 113 cm³/mol. The molecule has 1 aliphatic carbocycles. The highest BCUT2D eigenvalue weighted by atomic mass is 16.5. The summed E-state index contributed by atoms with van der Waals surface area (Å²) in [4.78, 5) is 17.9. The quantitative estimate of drug-likeness (QED) is 0.743. The molecule has 2 fully saturated rings. The van der Waals surface area contributed by atoms with Crippen molar-refractivity contribution in [1.82, 2.24) is 19.9 Å². The fourth-order valence-electron chi connectivity index (χ4n) is 4.90. The number of nitrogens with one attached hydrogen (secondary N) is 1. The standard InChI is InChI=1S/C22H29N5O/c1-2-28-17-8-9-19-18(14-17)20-21(25-19)22(24-15-23-20)27-12-10-26(11-13-27)16-6-4-3-5-7-16/h8-9,14-16,25H,2-7,10-13H2,1H3. The summed E-state index contributed by atoms with van der Waals surface area (Å²) >= 11 is 0. The second-order valence-electron chi connectivity index (χ2n) is 8.00. The first kappa shape index (κ1) is 17.7. The van der Waals surface area contributed by atoms with Gasteiger partial charge in [0.15, 0.2) is 5.82 Å². The average Bonchev–Trinajstić information content (AvgIpc) is 3.13. The minimum absolute atomic E-state index is 0.666. The zero-order valence-electron chi connectivity index (χ0n) is 16.7. The first-order chi connectivity index (χ1) is 13.8. The number of anilines is 1. The number of aromatic nitrogens is 3. The zero-order chi connectivity index (χ0) is 18.9. The summed E-state index contributed by atoms with van der Waals surface area (Å²) in [6.07, 6.45) is 8.67. The van der Waals surface area contributed by atoms with E-state index in [0.717, 1.165) is 65.7 Å². The summed E-state index contributed by atoms with van der Waals surface area (Å²) < 4.78 is 5.67. The topological polar surface area (TPSA) is 57.3 Å². The van der Waals surface area contributed by atoms with E-state index in [4.69, 9.17) is 4.74 Å². The molecule has 1 saturated carbocycles. The van der Waals surface area contributed by atoms with E-state index in [-0.39, 0.29) is 0 Å². The van der Waals surface area contributed by atoms with Gasteiger partial charge in [0.05, 0.1) is 6.61 Å². The number of ether oxygens (including phenoxy) is 1. The highest BCUT2D eigenvalue weighted by Gasteiger charge is 2.26. The smallest absolute Gasteiger partial charge is 0.156 e. The van der Waals surface area contributed by atoms with Gasteiger partial charge in [-0.25, -0.2) is 9.97 Å². The SMILES string of the molecule is CCOc1ccc2[nH]c3c(N4CCN(C5CCCCC5)CC4)ncnc3c2c1. The number of aromatic amines is 1. The summed E-state index contributed by atoms with van der Waals surface area (Å²) in [5.41, 5.74) is 3.11. The number of H-pyrrole nitrogens is 1. The summed E-state index contributed by atoms with van der Waals surface area (Å²) in [5.74, 6) is 1.92. The molecule has 2 aliphatic rings. The van der Waals surface area contributed by atoms with Crippen LogP contribution in [0.15, 0.2) is 24.5 Å². The highest BCUT2D eigenvalue weighted by molar-refractivity contribution is 6.08. The van der Waals surface area contributed by atoms with Gasteiger partial charge in [0.1, 0.15) is 23.1 Å². The molecule has 6 nitrogen and oxygen atoms in total. The van der Waals surface area contributed by atoms with Crippen molar-refractivity contribution in [2.45, 2.75) is 45.1 Å². The Morgan fingerprint density at radius 3 is 2.68 bits per heavy atom. The molecule has 5 rings (SSSR count). The Hall–Kier alpha value is -2.34. The largest absolute Gasteiger partial charge is 0.494 e. The van der Waals surface area contributed by atoms with Gasteiger partial charge in [-0.05, 0) is 38.0 Å². The third kappa shape index (κ3) is 3.20. The van der Waals surface area contributed by atoms with E-state index < -0.39 is 0 Å². The predicted octanol–water partition coefficient (Wildman–Crippen LogP) is 3.96. The minimum atomic E-state index is 0.666. The Labute approximate surface area is 165 Å². The Morgan fingerprint density at radius 2 is 1.89 bits per heavy atom. The lowest BCUT2D eigenvalue weighted by Crippen LogP contribution is -2.51. The van der Waals surface area contributed by atoms with Crippen LogP contribution in [0.5, 0.6) is 5.75 Å².